The summed E-state index contributed by atoms with van der Waals surface area (Å²) in [5.41, 5.74) is 9.47. The van der Waals surface area contributed by atoms with E-state index in [1.54, 1.807) is 6.92 Å². The highest BCUT2D eigenvalue weighted by molar-refractivity contribution is 5.78. The number of fused-ring (bicyclic) bond motifs is 2. The van der Waals surface area contributed by atoms with Gasteiger partial charge in [-0.15, -0.1) is 0 Å². The Morgan fingerprint density at radius 2 is 1.64 bits per heavy atom. The van der Waals surface area contributed by atoms with Crippen molar-refractivity contribution in [3.05, 3.63) is 136 Å². The van der Waals surface area contributed by atoms with E-state index < -0.39 is 12.1 Å². The molecule has 216 valence electrons. The Hall–Kier alpha value is -4.19. The Kier molecular flexibility index (Phi) is 9.86. The van der Waals surface area contributed by atoms with Crippen LogP contribution in [0, 0.1) is 6.92 Å². The standard InChI is InChI=1S/C37H38O5/c1-3-40-35(37(38)39)25-28-14-19-31(20-15-28)41-22-23-42-36-33-11-7-10-29(17-13-27-8-5-4-6-9-27)32(33)21-18-30-16-12-26(2)24-34(30)36/h4-12,14-16,18-21,24,35-36H,3,13,17,22-23,25H2,1-2H3,(H,38,39). The van der Waals surface area contributed by atoms with Crippen LogP contribution >= 0.6 is 0 Å². The molecule has 5 nitrogen and oxygen atoms in total. The molecule has 1 aliphatic carbocycles. The van der Waals surface area contributed by atoms with Crippen LogP contribution in [-0.2, 0) is 33.5 Å². The maximum atomic E-state index is 11.4. The molecule has 0 fully saturated rings. The van der Waals surface area contributed by atoms with Crippen molar-refractivity contribution in [3.8, 4) is 5.75 Å². The number of aliphatic carboxylic acids is 1. The van der Waals surface area contributed by atoms with Crippen LogP contribution in [0.1, 0.15) is 57.5 Å². The van der Waals surface area contributed by atoms with Crippen LogP contribution in [0.4, 0.5) is 0 Å². The van der Waals surface area contributed by atoms with Crippen LogP contribution in [0.3, 0.4) is 0 Å². The molecule has 0 radical (unpaired) electrons. The van der Waals surface area contributed by atoms with E-state index in [4.69, 9.17) is 14.2 Å². The van der Waals surface area contributed by atoms with Crippen molar-refractivity contribution in [1.82, 2.24) is 0 Å². The van der Waals surface area contributed by atoms with Crippen LogP contribution in [0.15, 0.2) is 91.0 Å². The Balaban J connectivity index is 1.28. The Morgan fingerprint density at radius 1 is 0.833 bits per heavy atom. The molecular weight excluding hydrogens is 524 g/mol. The number of hydrogen-bond donors (Lipinski definition) is 1. The fourth-order valence-electron chi connectivity index (χ4n) is 5.48. The van der Waals surface area contributed by atoms with Crippen molar-refractivity contribution in [3.63, 3.8) is 0 Å². The summed E-state index contributed by atoms with van der Waals surface area (Å²) in [5, 5.41) is 9.35. The zero-order valence-corrected chi connectivity index (χ0v) is 24.3. The van der Waals surface area contributed by atoms with Gasteiger partial charge in [0.2, 0.25) is 0 Å². The van der Waals surface area contributed by atoms with Gasteiger partial charge in [0.25, 0.3) is 0 Å². The minimum Gasteiger partial charge on any atom is -0.491 e. The monoisotopic (exact) mass is 562 g/mol. The minimum absolute atomic E-state index is 0.209. The third kappa shape index (κ3) is 7.35. The summed E-state index contributed by atoms with van der Waals surface area (Å²) in [7, 11) is 0. The van der Waals surface area contributed by atoms with Crippen molar-refractivity contribution in [2.24, 2.45) is 0 Å². The summed E-state index contributed by atoms with van der Waals surface area (Å²) in [6, 6.07) is 31.2. The van der Waals surface area contributed by atoms with Crippen LogP contribution in [0.25, 0.3) is 12.2 Å². The van der Waals surface area contributed by atoms with Crippen molar-refractivity contribution >= 4 is 18.1 Å². The highest BCUT2D eigenvalue weighted by atomic mass is 16.5. The molecule has 0 saturated carbocycles. The van der Waals surface area contributed by atoms with E-state index in [9.17, 15) is 9.90 Å². The summed E-state index contributed by atoms with van der Waals surface area (Å²) in [5.74, 6) is -0.238. The number of hydrogen-bond acceptors (Lipinski definition) is 4. The average molecular weight is 563 g/mol. The largest absolute Gasteiger partial charge is 0.491 e. The van der Waals surface area contributed by atoms with E-state index in [1.807, 2.05) is 24.3 Å². The molecule has 0 aliphatic heterocycles. The lowest BCUT2D eigenvalue weighted by atomic mass is 9.91. The molecule has 0 amide bonds. The minimum atomic E-state index is -0.954. The first-order valence-corrected chi connectivity index (χ1v) is 14.6. The zero-order valence-electron chi connectivity index (χ0n) is 24.3. The molecule has 2 unspecified atom stereocenters. The summed E-state index contributed by atoms with van der Waals surface area (Å²) in [6.45, 7) is 5.08. The zero-order chi connectivity index (χ0) is 29.3. The molecule has 5 heteroatoms. The van der Waals surface area contributed by atoms with Crippen LogP contribution in [0.5, 0.6) is 5.75 Å². The first kappa shape index (κ1) is 29.3. The van der Waals surface area contributed by atoms with Crippen LogP contribution in [-0.4, -0.2) is 37.0 Å². The predicted octanol–water partition coefficient (Wildman–Crippen LogP) is 7.48. The van der Waals surface area contributed by atoms with Gasteiger partial charge in [-0.25, -0.2) is 4.79 Å². The fraction of sp³-hybridized carbons (Fsp3) is 0.270. The Morgan fingerprint density at radius 3 is 2.40 bits per heavy atom. The second-order valence-corrected chi connectivity index (χ2v) is 10.6. The number of carboxylic acids is 1. The van der Waals surface area contributed by atoms with E-state index in [-0.39, 0.29) is 6.10 Å². The first-order valence-electron chi connectivity index (χ1n) is 14.6. The lowest BCUT2D eigenvalue weighted by molar-refractivity contribution is -0.149. The number of ether oxygens (including phenoxy) is 3. The van der Waals surface area contributed by atoms with Crippen LogP contribution in [0.2, 0.25) is 0 Å². The van der Waals surface area contributed by atoms with Gasteiger partial charge in [0.1, 0.15) is 18.5 Å². The van der Waals surface area contributed by atoms with Gasteiger partial charge in [-0.1, -0.05) is 96.6 Å². The smallest absolute Gasteiger partial charge is 0.333 e. The van der Waals surface area contributed by atoms with Gasteiger partial charge in [-0.3, -0.25) is 0 Å². The van der Waals surface area contributed by atoms with Crippen molar-refractivity contribution < 1.29 is 24.1 Å². The molecule has 4 aromatic carbocycles. The SMILES string of the molecule is CCOC(Cc1ccc(OCCOC2c3cc(C)ccc3C=Cc3c(CCc4ccccc4)cccc32)cc1)C(=O)O. The lowest BCUT2D eigenvalue weighted by Crippen LogP contribution is -2.26. The number of carboxylic acid groups (broad SMARTS) is 1. The molecule has 42 heavy (non-hydrogen) atoms. The topological polar surface area (TPSA) is 65.0 Å². The van der Waals surface area contributed by atoms with E-state index in [2.05, 4.69) is 85.8 Å². The number of rotatable bonds is 13. The summed E-state index contributed by atoms with van der Waals surface area (Å²) in [4.78, 5) is 11.4. The van der Waals surface area contributed by atoms with E-state index in [0.29, 0.717) is 32.0 Å². The van der Waals surface area contributed by atoms with Gasteiger partial charge in [0.05, 0.1) is 6.61 Å². The summed E-state index contributed by atoms with van der Waals surface area (Å²) < 4.78 is 17.9. The lowest BCUT2D eigenvalue weighted by Gasteiger charge is -2.23. The van der Waals surface area contributed by atoms with Gasteiger partial charge in [0, 0.05) is 13.0 Å². The Bertz CT molecular complexity index is 1510. The second kappa shape index (κ2) is 14.1. The molecule has 0 bridgehead atoms. The molecule has 4 aromatic rings. The molecule has 1 aliphatic rings. The maximum Gasteiger partial charge on any atom is 0.333 e. The Labute approximate surface area is 248 Å². The highest BCUT2D eigenvalue weighted by Crippen LogP contribution is 2.37. The summed E-state index contributed by atoms with van der Waals surface area (Å²) >= 11 is 0. The average Bonchev–Trinajstić information content (AvgIpc) is 3.16. The van der Waals surface area contributed by atoms with Crippen molar-refractivity contribution in [1.29, 1.82) is 0 Å². The number of carbonyl (C=O) groups is 1. The molecule has 0 spiro atoms. The van der Waals surface area contributed by atoms with E-state index in [0.717, 1.165) is 24.0 Å². The highest BCUT2D eigenvalue weighted by Gasteiger charge is 2.24. The molecule has 2 atom stereocenters. The molecule has 0 heterocycles. The van der Waals surface area contributed by atoms with Crippen molar-refractivity contribution in [2.75, 3.05) is 19.8 Å². The normalized spacial score (nSPS) is 14.5. The van der Waals surface area contributed by atoms with E-state index >= 15 is 0 Å². The van der Waals surface area contributed by atoms with Gasteiger partial charge < -0.3 is 19.3 Å². The van der Waals surface area contributed by atoms with Gasteiger partial charge in [-0.05, 0) is 77.8 Å². The number of benzene rings is 4. The van der Waals surface area contributed by atoms with Crippen LogP contribution < -0.4 is 4.74 Å². The fourth-order valence-corrected chi connectivity index (χ4v) is 5.48. The van der Waals surface area contributed by atoms with Gasteiger partial charge in [0.15, 0.2) is 6.10 Å². The molecule has 0 aromatic heterocycles. The quantitative estimate of drug-likeness (QED) is 0.171. The third-order valence-electron chi connectivity index (χ3n) is 7.62. The molecule has 1 N–H and O–H groups in total. The van der Waals surface area contributed by atoms with E-state index in [1.165, 1.54) is 33.4 Å². The third-order valence-corrected chi connectivity index (χ3v) is 7.62. The molecule has 5 rings (SSSR count). The van der Waals surface area contributed by atoms with Gasteiger partial charge >= 0.3 is 5.97 Å². The second-order valence-electron chi connectivity index (χ2n) is 10.6. The van der Waals surface area contributed by atoms with Crippen molar-refractivity contribution in [2.45, 2.75) is 45.3 Å². The molecular formula is C37H38O5. The summed E-state index contributed by atoms with van der Waals surface area (Å²) in [6.07, 6.45) is 5.65. The molecule has 0 saturated heterocycles. The van der Waals surface area contributed by atoms with Gasteiger partial charge in [-0.2, -0.15) is 0 Å². The maximum absolute atomic E-state index is 11.4. The predicted molar refractivity (Wildman–Crippen MR) is 167 cm³/mol. The first-order chi connectivity index (χ1) is 20.5. The number of aryl methyl sites for hydroxylation is 3.